The van der Waals surface area contributed by atoms with E-state index in [9.17, 15) is 26.7 Å². The predicted molar refractivity (Wildman–Crippen MR) is 56.0 cm³/mol. The number of amides is 1. The third-order valence-electron chi connectivity index (χ3n) is 2.43. The van der Waals surface area contributed by atoms with Crippen molar-refractivity contribution >= 4 is 5.91 Å². The molecule has 0 unspecified atom stereocenters. The minimum atomic E-state index is -2.31. The van der Waals surface area contributed by atoms with Gasteiger partial charge in [0.15, 0.2) is 23.3 Å². The van der Waals surface area contributed by atoms with E-state index in [0.717, 1.165) is 0 Å². The van der Waals surface area contributed by atoms with E-state index in [0.29, 0.717) is 5.69 Å². The molecule has 1 heterocycles. The van der Waals surface area contributed by atoms with Gasteiger partial charge in [-0.15, -0.1) is 0 Å². The third-order valence-corrected chi connectivity index (χ3v) is 2.43. The Bertz CT molecular complexity index is 628. The molecule has 4 nitrogen and oxygen atoms in total. The molecule has 1 aromatic carbocycles. The highest BCUT2D eigenvalue weighted by Crippen LogP contribution is 2.22. The van der Waals surface area contributed by atoms with E-state index in [-0.39, 0.29) is 6.54 Å². The average molecular weight is 291 g/mol. The number of rotatable bonds is 3. The topological polar surface area (TPSA) is 57.8 Å². The summed E-state index contributed by atoms with van der Waals surface area (Å²) >= 11 is 0. The molecule has 106 valence electrons. The van der Waals surface area contributed by atoms with Crippen molar-refractivity contribution < 1.29 is 26.7 Å². The maximum Gasteiger partial charge on any atom is 0.257 e. The van der Waals surface area contributed by atoms with Crippen LogP contribution in [-0.4, -0.2) is 16.1 Å². The summed E-state index contributed by atoms with van der Waals surface area (Å²) in [7, 11) is 0. The first-order valence-electron chi connectivity index (χ1n) is 5.21. The number of aromatic amines is 1. The zero-order valence-electron chi connectivity index (χ0n) is 9.61. The normalized spacial score (nSPS) is 10.7. The molecule has 2 N–H and O–H groups in total. The monoisotopic (exact) mass is 291 g/mol. The standard InChI is InChI=1S/C11H6F5N3O/c12-6-5(7(13)9(15)10(16)8(6)14)11(20)17-3-4-1-2-18-19-4/h1-2H,3H2,(H,17,20)(H,18,19). The van der Waals surface area contributed by atoms with Crippen LogP contribution in [0.25, 0.3) is 0 Å². The number of nitrogens with zero attached hydrogens (tertiary/aromatic N) is 1. The van der Waals surface area contributed by atoms with Crippen LogP contribution >= 0.6 is 0 Å². The fourth-order valence-electron chi connectivity index (χ4n) is 1.45. The number of carbonyl (C=O) groups is 1. The molecule has 9 heteroatoms. The molecule has 0 bridgehead atoms. The van der Waals surface area contributed by atoms with Crippen LogP contribution in [0, 0.1) is 29.1 Å². The Balaban J connectivity index is 2.30. The summed E-state index contributed by atoms with van der Waals surface area (Å²) in [4.78, 5) is 11.5. The number of carbonyl (C=O) groups excluding carboxylic acids is 1. The van der Waals surface area contributed by atoms with E-state index in [1.807, 2.05) is 5.32 Å². The molecule has 2 aromatic rings. The summed E-state index contributed by atoms with van der Waals surface area (Å²) in [5.74, 6) is -12.4. The minimum absolute atomic E-state index is 0.210. The predicted octanol–water partition coefficient (Wildman–Crippen LogP) is 2.04. The van der Waals surface area contributed by atoms with Gasteiger partial charge in [0.2, 0.25) is 5.82 Å². The van der Waals surface area contributed by atoms with Gasteiger partial charge in [0.25, 0.3) is 5.91 Å². The average Bonchev–Trinajstić information content (AvgIpc) is 2.94. The Hall–Kier alpha value is -2.45. The lowest BCUT2D eigenvalue weighted by Crippen LogP contribution is -2.26. The van der Waals surface area contributed by atoms with Crippen LogP contribution in [-0.2, 0) is 6.54 Å². The molecule has 0 aliphatic heterocycles. The Kier molecular flexibility index (Phi) is 3.68. The van der Waals surface area contributed by atoms with Crippen LogP contribution in [0.4, 0.5) is 22.0 Å². The van der Waals surface area contributed by atoms with Crippen LogP contribution in [0.2, 0.25) is 0 Å². The van der Waals surface area contributed by atoms with Gasteiger partial charge >= 0.3 is 0 Å². The minimum Gasteiger partial charge on any atom is -0.346 e. The second-order valence-corrected chi connectivity index (χ2v) is 3.71. The van der Waals surface area contributed by atoms with Crippen LogP contribution in [0.5, 0.6) is 0 Å². The number of benzene rings is 1. The lowest BCUT2D eigenvalue weighted by atomic mass is 10.1. The number of halogens is 5. The third kappa shape index (κ3) is 2.33. The molecule has 0 spiro atoms. The van der Waals surface area contributed by atoms with E-state index in [2.05, 4.69) is 10.2 Å². The molecule has 0 atom stereocenters. The van der Waals surface area contributed by atoms with Crippen molar-refractivity contribution in [1.29, 1.82) is 0 Å². The highest BCUT2D eigenvalue weighted by Gasteiger charge is 2.29. The first kappa shape index (κ1) is 14.0. The molecule has 0 aliphatic rings. The van der Waals surface area contributed by atoms with Gasteiger partial charge < -0.3 is 5.32 Å². The van der Waals surface area contributed by atoms with Gasteiger partial charge in [-0.3, -0.25) is 9.89 Å². The van der Waals surface area contributed by atoms with Gasteiger partial charge in [-0.05, 0) is 6.07 Å². The SMILES string of the molecule is O=C(NCc1ccn[nH]1)c1c(F)c(F)c(F)c(F)c1F. The highest BCUT2D eigenvalue weighted by molar-refractivity contribution is 5.94. The van der Waals surface area contributed by atoms with E-state index in [1.165, 1.54) is 12.3 Å². The molecular formula is C11H6F5N3O. The molecule has 0 fully saturated rings. The van der Waals surface area contributed by atoms with Crippen molar-refractivity contribution in [2.45, 2.75) is 6.54 Å². The summed E-state index contributed by atoms with van der Waals surface area (Å²) in [6, 6.07) is 1.46. The lowest BCUT2D eigenvalue weighted by Gasteiger charge is -2.08. The van der Waals surface area contributed by atoms with Gasteiger partial charge in [-0.25, -0.2) is 22.0 Å². The molecule has 0 radical (unpaired) electrons. The van der Waals surface area contributed by atoms with Gasteiger partial charge in [-0.2, -0.15) is 5.10 Å². The Labute approximate surface area is 108 Å². The molecular weight excluding hydrogens is 285 g/mol. The number of nitrogens with one attached hydrogen (secondary N) is 2. The number of H-pyrrole nitrogens is 1. The molecule has 1 aromatic heterocycles. The van der Waals surface area contributed by atoms with Crippen molar-refractivity contribution in [2.75, 3.05) is 0 Å². The van der Waals surface area contributed by atoms with E-state index in [1.54, 1.807) is 0 Å². The van der Waals surface area contributed by atoms with Crippen molar-refractivity contribution in [3.63, 3.8) is 0 Å². The van der Waals surface area contributed by atoms with Crippen LogP contribution in [0.1, 0.15) is 16.1 Å². The fraction of sp³-hybridized carbons (Fsp3) is 0.0909. The zero-order chi connectivity index (χ0) is 14.9. The maximum absolute atomic E-state index is 13.3. The second kappa shape index (κ2) is 5.27. The first-order chi connectivity index (χ1) is 9.43. The second-order valence-electron chi connectivity index (χ2n) is 3.71. The van der Waals surface area contributed by atoms with E-state index < -0.39 is 40.6 Å². The number of hydrogen-bond acceptors (Lipinski definition) is 2. The van der Waals surface area contributed by atoms with Crippen LogP contribution in [0.15, 0.2) is 12.3 Å². The summed E-state index contributed by atoms with van der Waals surface area (Å²) < 4.78 is 65.3. The first-order valence-corrected chi connectivity index (χ1v) is 5.21. The fourth-order valence-corrected chi connectivity index (χ4v) is 1.45. The van der Waals surface area contributed by atoms with Crippen LogP contribution < -0.4 is 5.32 Å². The zero-order valence-corrected chi connectivity index (χ0v) is 9.61. The van der Waals surface area contributed by atoms with Crippen molar-refractivity contribution in [1.82, 2.24) is 15.5 Å². The Morgan fingerprint density at radius 3 is 2.10 bits per heavy atom. The molecule has 0 saturated carbocycles. The summed E-state index contributed by atoms with van der Waals surface area (Å²) in [5, 5.41) is 8.01. The smallest absolute Gasteiger partial charge is 0.257 e. The van der Waals surface area contributed by atoms with Crippen molar-refractivity contribution in [3.8, 4) is 0 Å². The van der Waals surface area contributed by atoms with E-state index >= 15 is 0 Å². The Morgan fingerprint density at radius 1 is 1.05 bits per heavy atom. The largest absolute Gasteiger partial charge is 0.346 e. The van der Waals surface area contributed by atoms with Crippen molar-refractivity contribution in [3.05, 3.63) is 52.6 Å². The van der Waals surface area contributed by atoms with Crippen molar-refractivity contribution in [2.24, 2.45) is 0 Å². The maximum atomic E-state index is 13.3. The summed E-state index contributed by atoms with van der Waals surface area (Å²) in [5.41, 5.74) is -1.14. The van der Waals surface area contributed by atoms with Gasteiger partial charge in [-0.1, -0.05) is 0 Å². The lowest BCUT2D eigenvalue weighted by molar-refractivity contribution is 0.0938. The van der Waals surface area contributed by atoms with Gasteiger partial charge in [0.05, 0.1) is 12.2 Å². The molecule has 2 rings (SSSR count). The molecule has 20 heavy (non-hydrogen) atoms. The van der Waals surface area contributed by atoms with Crippen LogP contribution in [0.3, 0.4) is 0 Å². The summed E-state index contributed by atoms with van der Waals surface area (Å²) in [6.45, 7) is -0.210. The van der Waals surface area contributed by atoms with E-state index in [4.69, 9.17) is 0 Å². The number of aromatic nitrogens is 2. The quantitative estimate of drug-likeness (QED) is 0.516. The van der Waals surface area contributed by atoms with Gasteiger partial charge in [0, 0.05) is 6.20 Å². The summed E-state index contributed by atoms with van der Waals surface area (Å²) in [6.07, 6.45) is 1.36. The molecule has 0 saturated heterocycles. The molecule has 0 aliphatic carbocycles. The molecule has 1 amide bonds. The number of hydrogen-bond donors (Lipinski definition) is 2. The van der Waals surface area contributed by atoms with Gasteiger partial charge in [0.1, 0.15) is 5.56 Å². The Morgan fingerprint density at radius 2 is 1.60 bits per heavy atom. The highest BCUT2D eigenvalue weighted by atomic mass is 19.2.